The van der Waals surface area contributed by atoms with E-state index in [1.54, 1.807) is 0 Å². The molecule has 1 unspecified atom stereocenters. The van der Waals surface area contributed by atoms with Gasteiger partial charge in [0.15, 0.2) is 0 Å². The SMILES string of the molecule is CC1Cc2ccccc2CN1C(=O)[C@H]1CNC[C@@H]1c1cnn(C)c1.Cl. The van der Waals surface area contributed by atoms with Gasteiger partial charge >= 0.3 is 0 Å². The zero-order chi connectivity index (χ0) is 16.7. The van der Waals surface area contributed by atoms with Crippen molar-refractivity contribution in [2.75, 3.05) is 13.1 Å². The lowest BCUT2D eigenvalue weighted by Gasteiger charge is -2.37. The van der Waals surface area contributed by atoms with Gasteiger partial charge in [0.05, 0.1) is 12.1 Å². The molecule has 2 aliphatic heterocycles. The van der Waals surface area contributed by atoms with Gasteiger partial charge in [-0.05, 0) is 30.0 Å². The van der Waals surface area contributed by atoms with E-state index in [0.717, 1.165) is 31.6 Å². The molecule has 1 amide bonds. The van der Waals surface area contributed by atoms with Crippen LogP contribution in [0, 0.1) is 5.92 Å². The van der Waals surface area contributed by atoms with Gasteiger partial charge in [0.2, 0.25) is 5.91 Å². The third kappa shape index (κ3) is 3.31. The van der Waals surface area contributed by atoms with Gasteiger partial charge in [-0.2, -0.15) is 5.10 Å². The fourth-order valence-corrected chi connectivity index (χ4v) is 4.11. The van der Waals surface area contributed by atoms with E-state index in [9.17, 15) is 4.79 Å². The van der Waals surface area contributed by atoms with Crippen LogP contribution in [0.3, 0.4) is 0 Å². The molecule has 3 atom stereocenters. The summed E-state index contributed by atoms with van der Waals surface area (Å²) in [7, 11) is 1.92. The van der Waals surface area contributed by atoms with Crippen molar-refractivity contribution >= 4 is 18.3 Å². The number of benzene rings is 1. The van der Waals surface area contributed by atoms with Crippen molar-refractivity contribution in [1.29, 1.82) is 0 Å². The minimum absolute atomic E-state index is 0. The lowest BCUT2D eigenvalue weighted by atomic mass is 9.87. The molecule has 4 rings (SSSR count). The summed E-state index contributed by atoms with van der Waals surface area (Å²) in [5, 5.41) is 7.68. The Hall–Kier alpha value is -1.85. The monoisotopic (exact) mass is 360 g/mol. The maximum Gasteiger partial charge on any atom is 0.228 e. The second kappa shape index (κ2) is 7.18. The molecule has 2 aromatic rings. The third-order valence-corrected chi connectivity index (χ3v) is 5.47. The molecule has 1 aromatic heterocycles. The molecule has 0 radical (unpaired) electrons. The Labute approximate surface area is 154 Å². The third-order valence-electron chi connectivity index (χ3n) is 5.47. The zero-order valence-electron chi connectivity index (χ0n) is 14.7. The quantitative estimate of drug-likeness (QED) is 0.892. The Kier molecular flexibility index (Phi) is 5.16. The number of amides is 1. The number of aryl methyl sites for hydroxylation is 1. The highest BCUT2D eigenvalue weighted by Gasteiger charge is 2.39. The number of carbonyl (C=O) groups is 1. The number of hydrogen-bond donors (Lipinski definition) is 1. The lowest BCUT2D eigenvalue weighted by molar-refractivity contribution is -0.138. The normalized spacial score (nSPS) is 25.4. The van der Waals surface area contributed by atoms with E-state index in [1.807, 2.05) is 24.1 Å². The lowest BCUT2D eigenvalue weighted by Crippen LogP contribution is -2.46. The molecule has 0 saturated carbocycles. The van der Waals surface area contributed by atoms with Gasteiger partial charge in [0, 0.05) is 44.8 Å². The number of halogens is 1. The molecule has 134 valence electrons. The molecule has 6 heteroatoms. The highest BCUT2D eigenvalue weighted by atomic mass is 35.5. The van der Waals surface area contributed by atoms with Crippen molar-refractivity contribution in [1.82, 2.24) is 20.0 Å². The second-order valence-electron chi connectivity index (χ2n) is 7.11. The largest absolute Gasteiger partial charge is 0.335 e. The first-order valence-electron chi connectivity index (χ1n) is 8.70. The average Bonchev–Trinajstić information content (AvgIpc) is 3.22. The van der Waals surface area contributed by atoms with E-state index in [2.05, 4.69) is 46.5 Å². The number of rotatable bonds is 2. The molecule has 0 aliphatic carbocycles. The van der Waals surface area contributed by atoms with Crippen molar-refractivity contribution in [2.45, 2.75) is 31.8 Å². The van der Waals surface area contributed by atoms with Crippen molar-refractivity contribution in [3.8, 4) is 0 Å². The number of carbonyl (C=O) groups excluding carboxylic acids is 1. The first kappa shape index (κ1) is 18.0. The standard InChI is InChI=1S/C19H24N4O.ClH/c1-13-7-14-5-3-4-6-15(14)12-23(13)19(24)18-10-20-9-17(18)16-8-21-22(2)11-16;/h3-6,8,11,13,17-18,20H,7,9-10,12H2,1-2H3;1H/t13?,17-,18+;/m1./s1. The van der Waals surface area contributed by atoms with E-state index >= 15 is 0 Å². The van der Waals surface area contributed by atoms with Crippen LogP contribution in [0.25, 0.3) is 0 Å². The van der Waals surface area contributed by atoms with E-state index in [0.29, 0.717) is 0 Å². The van der Waals surface area contributed by atoms with Gasteiger partial charge in [-0.1, -0.05) is 24.3 Å². The summed E-state index contributed by atoms with van der Waals surface area (Å²) in [6.45, 7) is 4.49. The predicted octanol–water partition coefficient (Wildman–Crippen LogP) is 2.12. The van der Waals surface area contributed by atoms with Crippen LogP contribution >= 0.6 is 12.4 Å². The van der Waals surface area contributed by atoms with Crippen LogP contribution in [0.15, 0.2) is 36.7 Å². The Morgan fingerprint density at radius 1 is 1.24 bits per heavy atom. The summed E-state index contributed by atoms with van der Waals surface area (Å²) in [6, 6.07) is 8.73. The summed E-state index contributed by atoms with van der Waals surface area (Å²) in [5.41, 5.74) is 3.82. The number of aromatic nitrogens is 2. The Balaban J connectivity index is 0.00000182. The van der Waals surface area contributed by atoms with Crippen LogP contribution in [0.2, 0.25) is 0 Å². The summed E-state index contributed by atoms with van der Waals surface area (Å²) < 4.78 is 1.81. The Morgan fingerprint density at radius 2 is 2.00 bits per heavy atom. The number of nitrogens with one attached hydrogen (secondary N) is 1. The van der Waals surface area contributed by atoms with Crippen LogP contribution in [0.1, 0.15) is 29.5 Å². The van der Waals surface area contributed by atoms with Crippen LogP contribution in [-0.4, -0.2) is 39.7 Å². The molecule has 5 nitrogen and oxygen atoms in total. The summed E-state index contributed by atoms with van der Waals surface area (Å²) >= 11 is 0. The van der Waals surface area contributed by atoms with E-state index in [4.69, 9.17) is 0 Å². The van der Waals surface area contributed by atoms with E-state index < -0.39 is 0 Å². The Morgan fingerprint density at radius 3 is 2.72 bits per heavy atom. The number of hydrogen-bond acceptors (Lipinski definition) is 3. The van der Waals surface area contributed by atoms with Crippen LogP contribution < -0.4 is 5.32 Å². The molecule has 1 fully saturated rings. The minimum atomic E-state index is 0. The van der Waals surface area contributed by atoms with Crippen molar-refractivity contribution in [3.63, 3.8) is 0 Å². The first-order valence-corrected chi connectivity index (χ1v) is 8.70. The fourth-order valence-electron chi connectivity index (χ4n) is 4.11. The average molecular weight is 361 g/mol. The van der Waals surface area contributed by atoms with Crippen molar-refractivity contribution in [2.24, 2.45) is 13.0 Å². The molecule has 1 saturated heterocycles. The van der Waals surface area contributed by atoms with Gasteiger partial charge in [-0.25, -0.2) is 0 Å². The molecule has 0 bridgehead atoms. The Bertz CT molecular complexity index is 759. The smallest absolute Gasteiger partial charge is 0.228 e. The molecular formula is C19H25ClN4O. The fraction of sp³-hybridized carbons (Fsp3) is 0.474. The topological polar surface area (TPSA) is 50.2 Å². The first-order chi connectivity index (χ1) is 11.6. The van der Waals surface area contributed by atoms with Gasteiger partial charge < -0.3 is 10.2 Å². The summed E-state index contributed by atoms with van der Waals surface area (Å²) in [4.78, 5) is 15.3. The van der Waals surface area contributed by atoms with Crippen molar-refractivity contribution < 1.29 is 4.79 Å². The molecule has 1 aromatic carbocycles. The maximum atomic E-state index is 13.3. The van der Waals surface area contributed by atoms with Crippen LogP contribution in [0.5, 0.6) is 0 Å². The molecule has 1 N–H and O–H groups in total. The number of fused-ring (bicyclic) bond motifs is 1. The van der Waals surface area contributed by atoms with Crippen molar-refractivity contribution in [3.05, 3.63) is 53.3 Å². The van der Waals surface area contributed by atoms with E-state index in [-0.39, 0.29) is 36.2 Å². The summed E-state index contributed by atoms with van der Waals surface area (Å²) in [5.74, 6) is 0.494. The van der Waals surface area contributed by atoms with Gasteiger partial charge in [-0.15, -0.1) is 12.4 Å². The molecule has 3 heterocycles. The van der Waals surface area contributed by atoms with Gasteiger partial charge in [0.25, 0.3) is 0 Å². The number of nitrogens with zero attached hydrogens (tertiary/aromatic N) is 3. The van der Waals surface area contributed by atoms with E-state index in [1.165, 1.54) is 11.1 Å². The second-order valence-corrected chi connectivity index (χ2v) is 7.11. The molecule has 0 spiro atoms. The van der Waals surface area contributed by atoms with Gasteiger partial charge in [0.1, 0.15) is 0 Å². The molecular weight excluding hydrogens is 336 g/mol. The predicted molar refractivity (Wildman–Crippen MR) is 99.7 cm³/mol. The highest BCUT2D eigenvalue weighted by molar-refractivity contribution is 5.85. The van der Waals surface area contributed by atoms with Crippen LogP contribution in [0.4, 0.5) is 0 Å². The van der Waals surface area contributed by atoms with Gasteiger partial charge in [-0.3, -0.25) is 9.48 Å². The summed E-state index contributed by atoms with van der Waals surface area (Å²) in [6.07, 6.45) is 4.87. The zero-order valence-corrected chi connectivity index (χ0v) is 15.5. The maximum absolute atomic E-state index is 13.3. The molecule has 25 heavy (non-hydrogen) atoms. The van der Waals surface area contributed by atoms with Crippen LogP contribution in [-0.2, 0) is 24.8 Å². The molecule has 2 aliphatic rings. The highest BCUT2D eigenvalue weighted by Crippen LogP contribution is 2.32. The minimum Gasteiger partial charge on any atom is -0.335 e.